The van der Waals surface area contributed by atoms with Gasteiger partial charge in [0.2, 0.25) is 5.91 Å². The molecule has 106 valence electrons. The highest BCUT2D eigenvalue weighted by Gasteiger charge is 2.07. The van der Waals surface area contributed by atoms with Gasteiger partial charge in [-0.1, -0.05) is 19.1 Å². The number of nitrogens with zero attached hydrogens (tertiary/aromatic N) is 1. The molecule has 1 atom stereocenters. The van der Waals surface area contributed by atoms with Gasteiger partial charge in [-0.05, 0) is 31.5 Å². The summed E-state index contributed by atoms with van der Waals surface area (Å²) >= 11 is 0. The van der Waals surface area contributed by atoms with Gasteiger partial charge in [-0.15, -0.1) is 0 Å². The first-order chi connectivity index (χ1) is 9.08. The Bertz CT molecular complexity index is 385. The average molecular weight is 263 g/mol. The number of anilines is 1. The number of carbonyl (C=O) groups is 1. The molecule has 1 unspecified atom stereocenters. The van der Waals surface area contributed by atoms with Gasteiger partial charge in [-0.2, -0.15) is 0 Å². The molecule has 1 rings (SSSR count). The van der Waals surface area contributed by atoms with E-state index in [0.717, 1.165) is 19.6 Å². The average Bonchev–Trinajstić information content (AvgIpc) is 2.41. The van der Waals surface area contributed by atoms with E-state index in [2.05, 4.69) is 48.3 Å². The van der Waals surface area contributed by atoms with E-state index in [0.29, 0.717) is 6.54 Å². The molecule has 19 heavy (non-hydrogen) atoms. The Morgan fingerprint density at radius 3 is 2.32 bits per heavy atom. The Morgan fingerprint density at radius 2 is 1.84 bits per heavy atom. The van der Waals surface area contributed by atoms with Crippen LogP contribution in [0.5, 0.6) is 0 Å². The van der Waals surface area contributed by atoms with Crippen molar-refractivity contribution >= 4 is 11.6 Å². The third-order valence-corrected chi connectivity index (χ3v) is 3.33. The standard InChI is InChI=1S/C15H25N3O/c1-4-18(5-2)14-8-6-13(7-9-14)11-17-10-12(3)15(16)19/h6-9,12,17H,4-5,10-11H2,1-3H3,(H2,16,19). The summed E-state index contributed by atoms with van der Waals surface area (Å²) in [4.78, 5) is 13.2. The molecule has 0 fully saturated rings. The fourth-order valence-corrected chi connectivity index (χ4v) is 1.95. The van der Waals surface area contributed by atoms with Gasteiger partial charge in [-0.3, -0.25) is 4.79 Å². The number of carbonyl (C=O) groups excluding carboxylic acids is 1. The Kier molecular flexibility index (Phi) is 6.36. The van der Waals surface area contributed by atoms with Crippen LogP contribution in [0.4, 0.5) is 5.69 Å². The molecule has 0 spiro atoms. The first-order valence-electron chi connectivity index (χ1n) is 6.92. The summed E-state index contributed by atoms with van der Waals surface area (Å²) in [5.41, 5.74) is 7.68. The normalized spacial score (nSPS) is 12.2. The molecule has 0 heterocycles. The molecule has 1 aromatic rings. The lowest BCUT2D eigenvalue weighted by Crippen LogP contribution is -2.30. The first kappa shape index (κ1) is 15.5. The summed E-state index contributed by atoms with van der Waals surface area (Å²) in [7, 11) is 0. The zero-order valence-corrected chi connectivity index (χ0v) is 12.1. The fourth-order valence-electron chi connectivity index (χ4n) is 1.95. The van der Waals surface area contributed by atoms with Crippen LogP contribution in [0, 0.1) is 5.92 Å². The maximum atomic E-state index is 10.9. The Hall–Kier alpha value is -1.55. The van der Waals surface area contributed by atoms with E-state index in [9.17, 15) is 4.79 Å². The summed E-state index contributed by atoms with van der Waals surface area (Å²) < 4.78 is 0. The molecule has 1 amide bonds. The van der Waals surface area contributed by atoms with E-state index in [1.54, 1.807) is 0 Å². The molecular weight excluding hydrogens is 238 g/mol. The van der Waals surface area contributed by atoms with Gasteiger partial charge in [0.25, 0.3) is 0 Å². The molecule has 0 saturated heterocycles. The molecule has 0 aliphatic carbocycles. The van der Waals surface area contributed by atoms with E-state index >= 15 is 0 Å². The molecule has 3 N–H and O–H groups in total. The predicted octanol–water partition coefficient (Wildman–Crippen LogP) is 1.74. The number of nitrogens with one attached hydrogen (secondary N) is 1. The highest BCUT2D eigenvalue weighted by atomic mass is 16.1. The molecular formula is C15H25N3O. The van der Waals surface area contributed by atoms with Crippen LogP contribution in [0.3, 0.4) is 0 Å². The van der Waals surface area contributed by atoms with Crippen LogP contribution >= 0.6 is 0 Å². The van der Waals surface area contributed by atoms with E-state index in [4.69, 9.17) is 5.73 Å². The summed E-state index contributed by atoms with van der Waals surface area (Å²) in [6.07, 6.45) is 0. The summed E-state index contributed by atoms with van der Waals surface area (Å²) in [6, 6.07) is 8.52. The molecule has 0 aromatic heterocycles. The molecule has 0 bridgehead atoms. The van der Waals surface area contributed by atoms with Crippen molar-refractivity contribution in [1.82, 2.24) is 5.32 Å². The molecule has 0 aliphatic heterocycles. The van der Waals surface area contributed by atoms with E-state index in [1.165, 1.54) is 11.3 Å². The lowest BCUT2D eigenvalue weighted by molar-refractivity contribution is -0.121. The molecule has 0 radical (unpaired) electrons. The molecule has 0 saturated carbocycles. The van der Waals surface area contributed by atoms with Crippen molar-refractivity contribution in [2.24, 2.45) is 11.7 Å². The second kappa shape index (κ2) is 7.79. The molecule has 4 heteroatoms. The van der Waals surface area contributed by atoms with Crippen molar-refractivity contribution in [1.29, 1.82) is 0 Å². The maximum Gasteiger partial charge on any atom is 0.221 e. The molecule has 0 aliphatic rings. The second-order valence-corrected chi connectivity index (χ2v) is 4.77. The third-order valence-electron chi connectivity index (χ3n) is 3.33. The predicted molar refractivity (Wildman–Crippen MR) is 80.1 cm³/mol. The summed E-state index contributed by atoms with van der Waals surface area (Å²) in [5, 5.41) is 3.25. The zero-order chi connectivity index (χ0) is 14.3. The van der Waals surface area contributed by atoms with Gasteiger partial charge in [0.1, 0.15) is 0 Å². The van der Waals surface area contributed by atoms with Crippen molar-refractivity contribution in [3.8, 4) is 0 Å². The summed E-state index contributed by atoms with van der Waals surface area (Å²) in [6.45, 7) is 9.56. The van der Waals surface area contributed by atoms with Crippen molar-refractivity contribution in [2.75, 3.05) is 24.5 Å². The molecule has 1 aromatic carbocycles. The van der Waals surface area contributed by atoms with Gasteiger partial charge in [0, 0.05) is 37.8 Å². The smallest absolute Gasteiger partial charge is 0.221 e. The van der Waals surface area contributed by atoms with Crippen LogP contribution in [-0.2, 0) is 11.3 Å². The van der Waals surface area contributed by atoms with Crippen LogP contribution in [0.15, 0.2) is 24.3 Å². The van der Waals surface area contributed by atoms with Gasteiger partial charge in [0.15, 0.2) is 0 Å². The van der Waals surface area contributed by atoms with Crippen LogP contribution in [0.2, 0.25) is 0 Å². The monoisotopic (exact) mass is 263 g/mol. The Labute approximate surface area is 116 Å². The van der Waals surface area contributed by atoms with Crippen molar-refractivity contribution in [2.45, 2.75) is 27.3 Å². The zero-order valence-electron chi connectivity index (χ0n) is 12.1. The minimum atomic E-state index is -0.260. The largest absolute Gasteiger partial charge is 0.372 e. The number of amides is 1. The van der Waals surface area contributed by atoms with Crippen LogP contribution in [0.25, 0.3) is 0 Å². The van der Waals surface area contributed by atoms with Crippen LogP contribution < -0.4 is 16.0 Å². The Balaban J connectivity index is 2.46. The van der Waals surface area contributed by atoms with Gasteiger partial charge < -0.3 is 16.0 Å². The lowest BCUT2D eigenvalue weighted by atomic mass is 10.1. The quantitative estimate of drug-likeness (QED) is 0.751. The van der Waals surface area contributed by atoms with Crippen LogP contribution in [-0.4, -0.2) is 25.5 Å². The van der Waals surface area contributed by atoms with Gasteiger partial charge in [0.05, 0.1) is 0 Å². The van der Waals surface area contributed by atoms with Crippen LogP contribution in [0.1, 0.15) is 26.3 Å². The fraction of sp³-hybridized carbons (Fsp3) is 0.533. The van der Waals surface area contributed by atoms with E-state index < -0.39 is 0 Å². The van der Waals surface area contributed by atoms with Crippen molar-refractivity contribution in [3.05, 3.63) is 29.8 Å². The first-order valence-corrected chi connectivity index (χ1v) is 6.92. The van der Waals surface area contributed by atoms with E-state index in [1.807, 2.05) is 6.92 Å². The highest BCUT2D eigenvalue weighted by molar-refractivity contribution is 5.76. The SMILES string of the molecule is CCN(CC)c1ccc(CNCC(C)C(N)=O)cc1. The number of hydrogen-bond donors (Lipinski definition) is 2. The minimum absolute atomic E-state index is 0.130. The van der Waals surface area contributed by atoms with Crippen molar-refractivity contribution in [3.63, 3.8) is 0 Å². The van der Waals surface area contributed by atoms with Crippen molar-refractivity contribution < 1.29 is 4.79 Å². The minimum Gasteiger partial charge on any atom is -0.372 e. The third kappa shape index (κ3) is 4.91. The van der Waals surface area contributed by atoms with E-state index in [-0.39, 0.29) is 11.8 Å². The Morgan fingerprint density at radius 1 is 1.26 bits per heavy atom. The second-order valence-electron chi connectivity index (χ2n) is 4.77. The number of nitrogens with two attached hydrogens (primary N) is 1. The number of benzene rings is 1. The molecule has 4 nitrogen and oxygen atoms in total. The lowest BCUT2D eigenvalue weighted by Gasteiger charge is -2.21. The van der Waals surface area contributed by atoms with Gasteiger partial charge >= 0.3 is 0 Å². The highest BCUT2D eigenvalue weighted by Crippen LogP contribution is 2.14. The number of primary amides is 1. The number of hydrogen-bond acceptors (Lipinski definition) is 3. The maximum absolute atomic E-state index is 10.9. The van der Waals surface area contributed by atoms with Gasteiger partial charge in [-0.25, -0.2) is 0 Å². The topological polar surface area (TPSA) is 58.4 Å². The number of rotatable bonds is 8. The summed E-state index contributed by atoms with van der Waals surface area (Å²) in [5.74, 6) is -0.390.